The third kappa shape index (κ3) is 1.22. The van der Waals surface area contributed by atoms with Crippen LogP contribution in [0.5, 0.6) is 0 Å². The SMILES string of the molecule is C#CC1=C=NC=C(C)N1. The molecule has 1 N–H and O–H groups in total. The minimum Gasteiger partial charge on any atom is -0.343 e. The van der Waals surface area contributed by atoms with Gasteiger partial charge in [0, 0.05) is 11.6 Å². The fourth-order valence-corrected chi connectivity index (χ4v) is 0.519. The molecule has 0 aromatic rings. The molecule has 0 spiro atoms. The highest BCUT2D eigenvalue weighted by molar-refractivity contribution is 5.66. The molecule has 2 nitrogen and oxygen atoms in total. The molecule has 1 aliphatic rings. The summed E-state index contributed by atoms with van der Waals surface area (Å²) < 4.78 is 0. The molecular weight excluding hydrogens is 112 g/mol. The average molecular weight is 118 g/mol. The summed E-state index contributed by atoms with van der Waals surface area (Å²) in [6.45, 7) is 1.89. The summed E-state index contributed by atoms with van der Waals surface area (Å²) in [6.07, 6.45) is 6.73. The molecule has 0 saturated heterocycles. The molecule has 0 radical (unpaired) electrons. The predicted octanol–water partition coefficient (Wildman–Crippen LogP) is 0.638. The molecule has 0 saturated carbocycles. The van der Waals surface area contributed by atoms with Gasteiger partial charge in [-0.15, -0.1) is 6.42 Å². The lowest BCUT2D eigenvalue weighted by atomic mass is 10.4. The normalized spacial score (nSPS) is 15.1. The van der Waals surface area contributed by atoms with Gasteiger partial charge in [0.25, 0.3) is 0 Å². The number of rotatable bonds is 0. The van der Waals surface area contributed by atoms with Crippen LogP contribution in [0.3, 0.4) is 0 Å². The van der Waals surface area contributed by atoms with E-state index in [9.17, 15) is 0 Å². The molecule has 0 bridgehead atoms. The summed E-state index contributed by atoms with van der Waals surface area (Å²) in [7, 11) is 0. The summed E-state index contributed by atoms with van der Waals surface area (Å²) in [5, 5.41) is 2.90. The maximum Gasteiger partial charge on any atom is 0.152 e. The van der Waals surface area contributed by atoms with Crippen LogP contribution in [0, 0.1) is 12.3 Å². The highest BCUT2D eigenvalue weighted by atomic mass is 14.9. The molecule has 44 valence electrons. The molecule has 0 fully saturated rings. The van der Waals surface area contributed by atoms with E-state index in [1.54, 1.807) is 6.20 Å². The first-order valence-electron chi connectivity index (χ1n) is 2.56. The number of aliphatic imine (C=N–C) groups is 1. The first-order valence-corrected chi connectivity index (χ1v) is 2.56. The molecule has 0 aromatic heterocycles. The molecule has 0 aliphatic carbocycles. The number of hydrogen-bond acceptors (Lipinski definition) is 2. The van der Waals surface area contributed by atoms with Gasteiger partial charge in [-0.3, -0.25) is 0 Å². The summed E-state index contributed by atoms with van der Waals surface area (Å²) in [5.41, 5.74) is 1.54. The molecule has 2 heteroatoms. The maximum atomic E-state index is 5.07. The quantitative estimate of drug-likeness (QED) is 0.464. The summed E-state index contributed by atoms with van der Waals surface area (Å²) in [6, 6.07) is 0. The van der Waals surface area contributed by atoms with Crippen molar-refractivity contribution >= 4 is 5.87 Å². The zero-order chi connectivity index (χ0) is 6.69. The van der Waals surface area contributed by atoms with Crippen LogP contribution in [0.4, 0.5) is 0 Å². The smallest absolute Gasteiger partial charge is 0.152 e. The van der Waals surface area contributed by atoms with Gasteiger partial charge in [-0.25, -0.2) is 4.99 Å². The van der Waals surface area contributed by atoms with Crippen LogP contribution < -0.4 is 5.32 Å². The van der Waals surface area contributed by atoms with E-state index < -0.39 is 0 Å². The van der Waals surface area contributed by atoms with E-state index >= 15 is 0 Å². The lowest BCUT2D eigenvalue weighted by molar-refractivity contribution is 1.01. The predicted molar refractivity (Wildman–Crippen MR) is 36.7 cm³/mol. The molecule has 9 heavy (non-hydrogen) atoms. The van der Waals surface area contributed by atoms with E-state index in [0.29, 0.717) is 5.70 Å². The first kappa shape index (κ1) is 5.68. The Morgan fingerprint density at radius 3 is 3.11 bits per heavy atom. The topological polar surface area (TPSA) is 24.4 Å². The van der Waals surface area contributed by atoms with Crippen molar-refractivity contribution in [3.63, 3.8) is 0 Å². The second-order valence-electron chi connectivity index (χ2n) is 1.70. The van der Waals surface area contributed by atoms with Crippen LogP contribution in [0.2, 0.25) is 0 Å². The Kier molecular flexibility index (Phi) is 1.40. The molecular formula is C7H6N2. The van der Waals surface area contributed by atoms with E-state index in [-0.39, 0.29) is 0 Å². The number of nitrogens with zero attached hydrogens (tertiary/aromatic N) is 1. The van der Waals surface area contributed by atoms with Crippen molar-refractivity contribution in [2.45, 2.75) is 6.92 Å². The van der Waals surface area contributed by atoms with Crippen LogP contribution in [-0.2, 0) is 0 Å². The summed E-state index contributed by atoms with van der Waals surface area (Å²) >= 11 is 0. The molecule has 1 rings (SSSR count). The van der Waals surface area contributed by atoms with Crippen molar-refractivity contribution in [1.29, 1.82) is 0 Å². The Morgan fingerprint density at radius 2 is 2.67 bits per heavy atom. The van der Waals surface area contributed by atoms with Crippen LogP contribution in [-0.4, -0.2) is 5.87 Å². The van der Waals surface area contributed by atoms with E-state index in [2.05, 4.69) is 22.1 Å². The largest absolute Gasteiger partial charge is 0.343 e. The highest BCUT2D eigenvalue weighted by Crippen LogP contribution is 1.94. The van der Waals surface area contributed by atoms with Crippen molar-refractivity contribution in [2.24, 2.45) is 4.99 Å². The molecule has 1 heterocycles. The van der Waals surface area contributed by atoms with E-state index in [4.69, 9.17) is 6.42 Å². The lowest BCUT2D eigenvalue weighted by Crippen LogP contribution is -2.11. The molecule has 0 atom stereocenters. The van der Waals surface area contributed by atoms with Crippen molar-refractivity contribution in [1.82, 2.24) is 5.32 Å². The van der Waals surface area contributed by atoms with Crippen LogP contribution in [0.1, 0.15) is 6.92 Å². The van der Waals surface area contributed by atoms with Gasteiger partial charge in [0.05, 0.1) is 6.20 Å². The Morgan fingerprint density at radius 1 is 1.89 bits per heavy atom. The standard InChI is InChI=1S/C7H6N2/c1-3-7-5-8-4-6(2)9-7/h1,4,9H,2H3. The van der Waals surface area contributed by atoms with Gasteiger partial charge in [-0.2, -0.15) is 0 Å². The van der Waals surface area contributed by atoms with E-state index in [1.165, 1.54) is 0 Å². The van der Waals surface area contributed by atoms with Gasteiger partial charge in [-0.1, -0.05) is 0 Å². The fourth-order valence-electron chi connectivity index (χ4n) is 0.519. The molecule has 0 amide bonds. The van der Waals surface area contributed by atoms with E-state index in [0.717, 1.165) is 5.70 Å². The highest BCUT2D eigenvalue weighted by Gasteiger charge is 1.93. The van der Waals surface area contributed by atoms with Gasteiger partial charge >= 0.3 is 0 Å². The van der Waals surface area contributed by atoms with Gasteiger partial charge in [0.1, 0.15) is 0 Å². The van der Waals surface area contributed by atoms with Crippen LogP contribution >= 0.6 is 0 Å². The Labute approximate surface area is 54.0 Å². The Bertz CT molecular complexity index is 247. The van der Waals surface area contributed by atoms with Gasteiger partial charge in [0.2, 0.25) is 0 Å². The Hall–Kier alpha value is -1.45. The second kappa shape index (κ2) is 2.21. The van der Waals surface area contributed by atoms with Gasteiger partial charge < -0.3 is 5.32 Å². The number of allylic oxidation sites excluding steroid dienone is 2. The Balaban J connectivity index is 2.89. The minimum atomic E-state index is 0.593. The lowest BCUT2D eigenvalue weighted by Gasteiger charge is -2.02. The van der Waals surface area contributed by atoms with Crippen molar-refractivity contribution in [3.05, 3.63) is 17.6 Å². The third-order valence-corrected chi connectivity index (χ3v) is 0.901. The third-order valence-electron chi connectivity index (χ3n) is 0.901. The van der Waals surface area contributed by atoms with Gasteiger partial charge in [0.15, 0.2) is 5.70 Å². The average Bonchev–Trinajstić information content (AvgIpc) is 1.88. The van der Waals surface area contributed by atoms with Crippen LogP contribution in [0.25, 0.3) is 0 Å². The molecule has 1 aliphatic heterocycles. The summed E-state index contributed by atoms with van der Waals surface area (Å²) in [4.78, 5) is 3.76. The summed E-state index contributed by atoms with van der Waals surface area (Å²) in [5.74, 6) is 5.01. The number of hydrogen-bond donors (Lipinski definition) is 1. The number of nitrogens with one attached hydrogen (secondary N) is 1. The van der Waals surface area contributed by atoms with Crippen LogP contribution in [0.15, 0.2) is 22.6 Å². The zero-order valence-electron chi connectivity index (χ0n) is 5.10. The van der Waals surface area contributed by atoms with E-state index in [1.807, 2.05) is 6.92 Å². The zero-order valence-corrected chi connectivity index (χ0v) is 5.10. The fraction of sp³-hybridized carbons (Fsp3) is 0.143. The molecule has 0 aromatic carbocycles. The van der Waals surface area contributed by atoms with Gasteiger partial charge in [-0.05, 0) is 12.8 Å². The second-order valence-corrected chi connectivity index (χ2v) is 1.70. The monoisotopic (exact) mass is 118 g/mol. The first-order chi connectivity index (χ1) is 4.33. The van der Waals surface area contributed by atoms with Crippen molar-refractivity contribution < 1.29 is 0 Å². The molecule has 0 unspecified atom stereocenters. The van der Waals surface area contributed by atoms with Crippen molar-refractivity contribution in [2.75, 3.05) is 0 Å². The van der Waals surface area contributed by atoms with Crippen molar-refractivity contribution in [3.8, 4) is 12.3 Å². The number of terminal acetylenes is 1. The minimum absolute atomic E-state index is 0.593. The maximum absolute atomic E-state index is 5.07.